The molecule has 2 aromatic heterocycles. The molecule has 9 heteroatoms. The van der Waals surface area contributed by atoms with E-state index in [1.54, 1.807) is 24.3 Å². The van der Waals surface area contributed by atoms with E-state index < -0.39 is 24.9 Å². The number of nitrogens with zero attached hydrogens (tertiary/aromatic N) is 2. The molecular formula is C24H16F3N3O3. The summed E-state index contributed by atoms with van der Waals surface area (Å²) >= 11 is 0. The first-order chi connectivity index (χ1) is 15.9. The maximum absolute atomic E-state index is 12.2. The van der Waals surface area contributed by atoms with Gasteiger partial charge in [0, 0.05) is 23.1 Å². The Balaban J connectivity index is 1.33. The van der Waals surface area contributed by atoms with E-state index in [2.05, 4.69) is 15.5 Å². The van der Waals surface area contributed by atoms with Crippen LogP contribution in [0.4, 0.5) is 18.9 Å². The maximum Gasteiger partial charge on any atom is 0.389 e. The summed E-state index contributed by atoms with van der Waals surface area (Å²) < 4.78 is 48.4. The average molecular weight is 451 g/mol. The molecule has 5 rings (SSSR count). The van der Waals surface area contributed by atoms with Crippen LogP contribution in [0, 0.1) is 0 Å². The smallest absolute Gasteiger partial charge is 0.389 e. The van der Waals surface area contributed by atoms with Crippen LogP contribution in [-0.4, -0.2) is 22.3 Å². The Bertz CT molecular complexity index is 1450. The number of amides is 1. The molecule has 0 saturated carbocycles. The highest BCUT2D eigenvalue weighted by Gasteiger charge is 2.27. The van der Waals surface area contributed by atoms with Gasteiger partial charge in [0.2, 0.25) is 11.8 Å². The van der Waals surface area contributed by atoms with Crippen molar-refractivity contribution in [3.63, 3.8) is 0 Å². The number of carbonyl (C=O) groups is 1. The van der Waals surface area contributed by atoms with Gasteiger partial charge in [0.25, 0.3) is 5.89 Å². The molecule has 0 saturated heterocycles. The molecule has 33 heavy (non-hydrogen) atoms. The van der Waals surface area contributed by atoms with Crippen LogP contribution < -0.4 is 5.32 Å². The van der Waals surface area contributed by atoms with E-state index in [9.17, 15) is 18.0 Å². The number of carbonyl (C=O) groups excluding carboxylic acids is 1. The van der Waals surface area contributed by atoms with Crippen molar-refractivity contribution in [1.29, 1.82) is 0 Å². The van der Waals surface area contributed by atoms with Crippen LogP contribution in [0.25, 0.3) is 44.8 Å². The van der Waals surface area contributed by atoms with Crippen LogP contribution in [0.3, 0.4) is 0 Å². The summed E-state index contributed by atoms with van der Waals surface area (Å²) in [5.74, 6) is 0.186. The minimum absolute atomic E-state index is 0.217. The highest BCUT2D eigenvalue weighted by atomic mass is 19.4. The van der Waals surface area contributed by atoms with E-state index in [1.165, 1.54) is 0 Å². The van der Waals surface area contributed by atoms with E-state index in [-0.39, 0.29) is 11.8 Å². The van der Waals surface area contributed by atoms with Crippen molar-refractivity contribution in [1.82, 2.24) is 10.2 Å². The minimum atomic E-state index is -4.37. The first-order valence-corrected chi connectivity index (χ1v) is 10.1. The second kappa shape index (κ2) is 8.09. The molecule has 6 nitrogen and oxygen atoms in total. The molecule has 0 radical (unpaired) electrons. The number of alkyl halides is 3. The molecule has 3 aromatic carbocycles. The largest absolute Gasteiger partial charge is 0.451 e. The summed E-state index contributed by atoms with van der Waals surface area (Å²) in [4.78, 5) is 11.7. The minimum Gasteiger partial charge on any atom is -0.451 e. The molecule has 0 unspecified atom stereocenters. The number of benzene rings is 3. The van der Waals surface area contributed by atoms with E-state index in [4.69, 9.17) is 8.83 Å². The van der Waals surface area contributed by atoms with Gasteiger partial charge in [-0.1, -0.05) is 30.3 Å². The standard InChI is InChI=1S/C24H16F3N3O3/c25-24(26,27)12-11-21(31)28-16-8-5-15(6-9-16)22-29-30-23(33-22)20-13-18-17-4-2-1-3-14(17)7-10-19(18)32-20/h1-10,13H,11-12H2,(H,28,31). The van der Waals surface area contributed by atoms with Crippen LogP contribution in [0.2, 0.25) is 0 Å². The predicted octanol–water partition coefficient (Wildman–Crippen LogP) is 6.58. The zero-order chi connectivity index (χ0) is 23.0. The van der Waals surface area contributed by atoms with E-state index in [0.29, 0.717) is 22.6 Å². The van der Waals surface area contributed by atoms with E-state index in [0.717, 1.165) is 16.2 Å². The molecule has 1 N–H and O–H groups in total. The third-order valence-corrected chi connectivity index (χ3v) is 5.11. The van der Waals surface area contributed by atoms with Gasteiger partial charge in [-0.2, -0.15) is 13.2 Å². The van der Waals surface area contributed by atoms with Crippen molar-refractivity contribution in [3.8, 4) is 23.1 Å². The number of aromatic nitrogens is 2. The zero-order valence-electron chi connectivity index (χ0n) is 17.0. The van der Waals surface area contributed by atoms with E-state index >= 15 is 0 Å². The molecular weight excluding hydrogens is 435 g/mol. The quantitative estimate of drug-likeness (QED) is 0.326. The Labute approximate surface area is 185 Å². The zero-order valence-corrected chi connectivity index (χ0v) is 17.0. The van der Waals surface area contributed by atoms with Gasteiger partial charge in [0.1, 0.15) is 5.58 Å². The highest BCUT2D eigenvalue weighted by Crippen LogP contribution is 2.33. The van der Waals surface area contributed by atoms with Crippen molar-refractivity contribution in [2.45, 2.75) is 19.0 Å². The lowest BCUT2D eigenvalue weighted by Crippen LogP contribution is -2.16. The summed E-state index contributed by atoms with van der Waals surface area (Å²) in [5.41, 5.74) is 1.66. The van der Waals surface area contributed by atoms with Gasteiger partial charge in [-0.15, -0.1) is 10.2 Å². The number of hydrogen-bond acceptors (Lipinski definition) is 5. The van der Waals surface area contributed by atoms with Crippen LogP contribution in [-0.2, 0) is 4.79 Å². The number of fused-ring (bicyclic) bond motifs is 3. The molecule has 0 atom stereocenters. The van der Waals surface area contributed by atoms with Crippen molar-refractivity contribution >= 4 is 33.3 Å². The molecule has 0 aliphatic heterocycles. The van der Waals surface area contributed by atoms with Crippen LogP contribution in [0.1, 0.15) is 12.8 Å². The fourth-order valence-corrected chi connectivity index (χ4v) is 3.51. The number of halogens is 3. The number of furan rings is 1. The van der Waals surface area contributed by atoms with Gasteiger partial charge in [-0.25, -0.2) is 0 Å². The molecule has 2 heterocycles. The third kappa shape index (κ3) is 4.43. The number of hydrogen-bond donors (Lipinski definition) is 1. The van der Waals surface area contributed by atoms with Crippen molar-refractivity contribution in [2.75, 3.05) is 5.32 Å². The van der Waals surface area contributed by atoms with Gasteiger partial charge in [-0.05, 0) is 47.2 Å². The van der Waals surface area contributed by atoms with Gasteiger partial charge in [0.15, 0.2) is 5.76 Å². The topological polar surface area (TPSA) is 81.2 Å². The summed E-state index contributed by atoms with van der Waals surface area (Å²) in [6.45, 7) is 0. The van der Waals surface area contributed by atoms with Gasteiger partial charge < -0.3 is 14.2 Å². The third-order valence-electron chi connectivity index (χ3n) is 5.11. The van der Waals surface area contributed by atoms with Crippen LogP contribution in [0.5, 0.6) is 0 Å². The number of rotatable bonds is 5. The Morgan fingerprint density at radius 1 is 0.879 bits per heavy atom. The second-order valence-electron chi connectivity index (χ2n) is 7.46. The lowest BCUT2D eigenvalue weighted by atomic mass is 10.1. The molecule has 0 fully saturated rings. The summed E-state index contributed by atoms with van der Waals surface area (Å²) in [7, 11) is 0. The SMILES string of the molecule is O=C(CCC(F)(F)F)Nc1ccc(-c2nnc(-c3cc4c(ccc5ccccc54)o3)o2)cc1. The van der Waals surface area contributed by atoms with Crippen LogP contribution >= 0.6 is 0 Å². The molecule has 0 bridgehead atoms. The first kappa shape index (κ1) is 20.7. The lowest BCUT2D eigenvalue weighted by Gasteiger charge is -2.07. The predicted molar refractivity (Wildman–Crippen MR) is 116 cm³/mol. The highest BCUT2D eigenvalue weighted by molar-refractivity contribution is 6.06. The normalized spacial score (nSPS) is 11.8. The summed E-state index contributed by atoms with van der Waals surface area (Å²) in [6, 6.07) is 20.1. The summed E-state index contributed by atoms with van der Waals surface area (Å²) in [6.07, 6.45) is -6.17. The maximum atomic E-state index is 12.2. The van der Waals surface area contributed by atoms with E-state index in [1.807, 2.05) is 42.5 Å². The molecule has 0 aliphatic carbocycles. The van der Waals surface area contributed by atoms with Gasteiger partial charge in [-0.3, -0.25) is 4.79 Å². The molecule has 5 aromatic rings. The first-order valence-electron chi connectivity index (χ1n) is 10.1. The Kier molecular flexibility index (Phi) is 5.08. The van der Waals surface area contributed by atoms with Crippen molar-refractivity contribution < 1.29 is 26.8 Å². The van der Waals surface area contributed by atoms with Crippen molar-refractivity contribution in [2.24, 2.45) is 0 Å². The van der Waals surface area contributed by atoms with Gasteiger partial charge in [0.05, 0.1) is 6.42 Å². The van der Waals surface area contributed by atoms with Gasteiger partial charge >= 0.3 is 6.18 Å². The van der Waals surface area contributed by atoms with Crippen LogP contribution in [0.15, 0.2) is 75.6 Å². The molecule has 1 amide bonds. The molecule has 0 spiro atoms. The lowest BCUT2D eigenvalue weighted by molar-refractivity contribution is -0.142. The Morgan fingerprint density at radius 3 is 2.42 bits per heavy atom. The second-order valence-corrected chi connectivity index (χ2v) is 7.46. The monoisotopic (exact) mass is 451 g/mol. The fourth-order valence-electron chi connectivity index (χ4n) is 3.51. The average Bonchev–Trinajstić information content (AvgIpc) is 3.45. The number of nitrogens with one attached hydrogen (secondary N) is 1. The molecule has 166 valence electrons. The Hall–Kier alpha value is -4.14. The van der Waals surface area contributed by atoms with Crippen molar-refractivity contribution in [3.05, 3.63) is 66.7 Å². The Morgan fingerprint density at radius 2 is 1.64 bits per heavy atom. The fraction of sp³-hybridized carbons (Fsp3) is 0.125. The summed E-state index contributed by atoms with van der Waals surface area (Å²) in [5, 5.41) is 13.6. The number of anilines is 1. The molecule has 0 aliphatic rings.